The Kier molecular flexibility index (Phi) is 7.68. The minimum absolute atomic E-state index is 0.0250. The lowest BCUT2D eigenvalue weighted by atomic mass is 10.3. The number of nitrogens with one attached hydrogen (secondary N) is 1. The van der Waals surface area contributed by atoms with Gasteiger partial charge in [0.25, 0.3) is 0 Å². The van der Waals surface area contributed by atoms with Crippen LogP contribution in [0, 0.1) is 0 Å². The first-order valence-corrected chi connectivity index (χ1v) is 12.0. The summed E-state index contributed by atoms with van der Waals surface area (Å²) in [6, 6.07) is 5.94. The summed E-state index contributed by atoms with van der Waals surface area (Å²) in [5, 5.41) is 3.37. The highest BCUT2D eigenvalue weighted by atomic mass is 32.2. The topological polar surface area (TPSA) is 91.5 Å². The van der Waals surface area contributed by atoms with Crippen molar-refractivity contribution >= 4 is 21.6 Å². The van der Waals surface area contributed by atoms with Crippen LogP contribution in [0.3, 0.4) is 0 Å². The number of pyridine rings is 1. The molecule has 1 fully saturated rings. The number of aromatic nitrogens is 2. The van der Waals surface area contributed by atoms with Gasteiger partial charge in [0.2, 0.25) is 10.0 Å². The maximum Gasteiger partial charge on any atom is 0.216 e. The maximum atomic E-state index is 12.5. The number of sulfonamides is 1. The predicted octanol–water partition coefficient (Wildman–Crippen LogP) is 0.825. The van der Waals surface area contributed by atoms with E-state index in [0.29, 0.717) is 32.7 Å². The van der Waals surface area contributed by atoms with Crippen LogP contribution >= 0.6 is 0 Å². The van der Waals surface area contributed by atoms with Gasteiger partial charge in [-0.2, -0.15) is 4.31 Å². The Morgan fingerprint density at radius 2 is 2.03 bits per heavy atom. The van der Waals surface area contributed by atoms with Crippen molar-refractivity contribution in [3.05, 3.63) is 36.3 Å². The fraction of sp³-hybridized carbons (Fsp3) is 0.600. The van der Waals surface area contributed by atoms with Gasteiger partial charge in [0, 0.05) is 58.6 Å². The van der Waals surface area contributed by atoms with Crippen LogP contribution < -0.4 is 5.32 Å². The number of guanidine groups is 1. The zero-order chi connectivity index (χ0) is 21.6. The van der Waals surface area contributed by atoms with Crippen LogP contribution in [-0.4, -0.2) is 91.2 Å². The summed E-state index contributed by atoms with van der Waals surface area (Å²) in [6.07, 6.45) is 4.84. The quantitative estimate of drug-likeness (QED) is 0.487. The van der Waals surface area contributed by atoms with Gasteiger partial charge in [0.1, 0.15) is 5.65 Å². The van der Waals surface area contributed by atoms with Gasteiger partial charge < -0.3 is 19.4 Å². The van der Waals surface area contributed by atoms with Crippen molar-refractivity contribution in [1.29, 1.82) is 0 Å². The van der Waals surface area contributed by atoms with Crippen LogP contribution in [-0.2, 0) is 21.2 Å². The molecule has 1 saturated heterocycles. The van der Waals surface area contributed by atoms with Gasteiger partial charge in [-0.15, -0.1) is 0 Å². The lowest BCUT2D eigenvalue weighted by Crippen LogP contribution is -2.54. The Hall–Kier alpha value is -2.17. The van der Waals surface area contributed by atoms with Gasteiger partial charge in [-0.1, -0.05) is 6.07 Å². The number of imidazole rings is 1. The SMILES string of the molecule is CN=C(NCCc1cn2ccccc2n1)N1CCN(S(=O)(=O)CCOC(C)C)CC1. The normalized spacial score (nSPS) is 16.5. The monoisotopic (exact) mass is 436 g/mol. The molecule has 0 aliphatic carbocycles. The summed E-state index contributed by atoms with van der Waals surface area (Å²) in [7, 11) is -1.54. The van der Waals surface area contributed by atoms with Crippen LogP contribution in [0.15, 0.2) is 35.6 Å². The number of hydrogen-bond donors (Lipinski definition) is 1. The number of hydrogen-bond acceptors (Lipinski definition) is 5. The third-order valence-electron chi connectivity index (χ3n) is 5.01. The molecule has 1 aliphatic heterocycles. The van der Waals surface area contributed by atoms with Crippen molar-refractivity contribution in [3.63, 3.8) is 0 Å². The fourth-order valence-corrected chi connectivity index (χ4v) is 4.72. The Morgan fingerprint density at radius 1 is 1.27 bits per heavy atom. The molecule has 10 heteroatoms. The maximum absolute atomic E-state index is 12.5. The van der Waals surface area contributed by atoms with Crippen LogP contribution in [0.1, 0.15) is 19.5 Å². The Morgan fingerprint density at radius 3 is 2.70 bits per heavy atom. The fourth-order valence-electron chi connectivity index (χ4n) is 3.44. The predicted molar refractivity (Wildman–Crippen MR) is 118 cm³/mol. The Balaban J connectivity index is 1.45. The van der Waals surface area contributed by atoms with E-state index in [2.05, 4.69) is 20.2 Å². The van der Waals surface area contributed by atoms with Crippen molar-refractivity contribution in [3.8, 4) is 0 Å². The van der Waals surface area contributed by atoms with Crippen molar-refractivity contribution in [2.45, 2.75) is 26.4 Å². The number of aliphatic imine (C=N–C) groups is 1. The summed E-state index contributed by atoms with van der Waals surface area (Å²) >= 11 is 0. The van der Waals surface area contributed by atoms with E-state index in [9.17, 15) is 8.42 Å². The second-order valence-corrected chi connectivity index (χ2v) is 9.63. The van der Waals surface area contributed by atoms with Crippen molar-refractivity contribution in [1.82, 2.24) is 23.9 Å². The van der Waals surface area contributed by atoms with Crippen LogP contribution in [0.4, 0.5) is 0 Å². The van der Waals surface area contributed by atoms with Gasteiger partial charge >= 0.3 is 0 Å². The first-order valence-electron chi connectivity index (χ1n) is 10.4. The van der Waals surface area contributed by atoms with E-state index in [-0.39, 0.29) is 18.5 Å². The Bertz CT molecular complexity index is 915. The second kappa shape index (κ2) is 10.2. The molecule has 0 aromatic carbocycles. The third kappa shape index (κ3) is 5.93. The molecule has 0 unspecified atom stereocenters. The lowest BCUT2D eigenvalue weighted by Gasteiger charge is -2.35. The van der Waals surface area contributed by atoms with Gasteiger partial charge in [0.05, 0.1) is 24.2 Å². The van der Waals surface area contributed by atoms with Gasteiger partial charge in [-0.25, -0.2) is 13.4 Å². The zero-order valence-electron chi connectivity index (χ0n) is 18.0. The van der Waals surface area contributed by atoms with E-state index >= 15 is 0 Å². The molecule has 0 spiro atoms. The molecule has 3 rings (SSSR count). The van der Waals surface area contributed by atoms with Gasteiger partial charge in [-0.05, 0) is 26.0 Å². The summed E-state index contributed by atoms with van der Waals surface area (Å²) < 4.78 is 33.9. The van der Waals surface area contributed by atoms with Crippen molar-refractivity contribution < 1.29 is 13.2 Å². The van der Waals surface area contributed by atoms with Crippen LogP contribution in [0.2, 0.25) is 0 Å². The number of fused-ring (bicyclic) bond motifs is 1. The molecule has 1 aliphatic rings. The molecule has 0 radical (unpaired) electrons. The molecular weight excluding hydrogens is 404 g/mol. The molecule has 9 nitrogen and oxygen atoms in total. The standard InChI is InChI=1S/C20H32N6O3S/c1-17(2)29-14-15-30(27,28)26-12-10-24(11-13-26)20(21-3)22-8-7-18-16-25-9-5-4-6-19(25)23-18/h4-6,9,16-17H,7-8,10-15H2,1-3H3,(H,21,22). The minimum Gasteiger partial charge on any atom is -0.378 e. The molecule has 1 N–H and O–H groups in total. The molecule has 30 heavy (non-hydrogen) atoms. The molecule has 0 amide bonds. The summed E-state index contributed by atoms with van der Waals surface area (Å²) in [5.74, 6) is 0.816. The zero-order valence-corrected chi connectivity index (χ0v) is 18.8. The van der Waals surface area contributed by atoms with Crippen molar-refractivity contribution in [2.75, 3.05) is 52.1 Å². The molecular formula is C20H32N6O3S. The summed E-state index contributed by atoms with van der Waals surface area (Å²) in [6.45, 7) is 6.87. The number of rotatable bonds is 8. The minimum atomic E-state index is -3.29. The van der Waals surface area contributed by atoms with E-state index < -0.39 is 10.0 Å². The van der Waals surface area contributed by atoms with E-state index in [4.69, 9.17) is 4.74 Å². The molecule has 0 saturated carbocycles. The largest absolute Gasteiger partial charge is 0.378 e. The highest BCUT2D eigenvalue weighted by Crippen LogP contribution is 2.09. The molecule has 166 valence electrons. The first kappa shape index (κ1) is 22.5. The number of piperazine rings is 1. The van der Waals surface area contributed by atoms with E-state index in [1.54, 1.807) is 11.4 Å². The Labute approximate surface area is 178 Å². The number of ether oxygens (including phenoxy) is 1. The highest BCUT2D eigenvalue weighted by molar-refractivity contribution is 7.89. The van der Waals surface area contributed by atoms with E-state index in [1.165, 1.54) is 0 Å². The van der Waals surface area contributed by atoms with E-state index in [0.717, 1.165) is 23.7 Å². The number of nitrogens with zero attached hydrogens (tertiary/aromatic N) is 5. The second-order valence-electron chi connectivity index (χ2n) is 7.54. The van der Waals surface area contributed by atoms with Crippen LogP contribution in [0.5, 0.6) is 0 Å². The van der Waals surface area contributed by atoms with E-state index in [1.807, 2.05) is 48.8 Å². The molecule has 2 aromatic rings. The summed E-state index contributed by atoms with van der Waals surface area (Å²) in [4.78, 5) is 11.1. The van der Waals surface area contributed by atoms with Gasteiger partial charge in [-0.3, -0.25) is 4.99 Å². The van der Waals surface area contributed by atoms with Crippen LogP contribution in [0.25, 0.3) is 5.65 Å². The first-order chi connectivity index (χ1) is 14.4. The lowest BCUT2D eigenvalue weighted by molar-refractivity contribution is 0.0904. The molecule has 0 atom stereocenters. The average Bonchev–Trinajstić information content (AvgIpc) is 3.14. The smallest absolute Gasteiger partial charge is 0.216 e. The van der Waals surface area contributed by atoms with Crippen molar-refractivity contribution in [2.24, 2.45) is 4.99 Å². The third-order valence-corrected chi connectivity index (χ3v) is 6.85. The molecule has 2 aromatic heterocycles. The van der Waals surface area contributed by atoms with Gasteiger partial charge in [0.15, 0.2) is 5.96 Å². The highest BCUT2D eigenvalue weighted by Gasteiger charge is 2.27. The molecule has 0 bridgehead atoms. The average molecular weight is 437 g/mol. The summed E-state index contributed by atoms with van der Waals surface area (Å²) in [5.41, 5.74) is 1.96. The molecule has 3 heterocycles.